The SMILES string of the molecule is Cc1n[nH]c(C)c1[C@@H](NC(=O)c1ccc2c(c1)OCO2)C(=O)O. The molecule has 1 atom stereocenters. The molecule has 0 saturated carbocycles. The van der Waals surface area contributed by atoms with E-state index in [4.69, 9.17) is 9.47 Å². The quantitative estimate of drug-likeness (QED) is 0.783. The van der Waals surface area contributed by atoms with Crippen LogP contribution in [-0.4, -0.2) is 34.0 Å². The number of nitrogens with zero attached hydrogens (tertiary/aromatic N) is 1. The molecule has 1 aliphatic rings. The second-order valence-corrected chi connectivity index (χ2v) is 5.16. The van der Waals surface area contributed by atoms with E-state index in [1.165, 1.54) is 6.07 Å². The zero-order valence-electron chi connectivity index (χ0n) is 12.5. The smallest absolute Gasteiger partial charge is 0.331 e. The number of amides is 1. The van der Waals surface area contributed by atoms with E-state index in [1.807, 2.05) is 0 Å². The number of hydrogen-bond donors (Lipinski definition) is 3. The Kier molecular flexibility index (Phi) is 3.65. The lowest BCUT2D eigenvalue weighted by Gasteiger charge is -2.15. The molecule has 23 heavy (non-hydrogen) atoms. The Labute approximate surface area is 131 Å². The second-order valence-electron chi connectivity index (χ2n) is 5.16. The molecule has 0 aliphatic carbocycles. The van der Waals surface area contributed by atoms with Gasteiger partial charge in [0.2, 0.25) is 6.79 Å². The van der Waals surface area contributed by atoms with Crippen LogP contribution in [0.2, 0.25) is 0 Å². The molecule has 1 amide bonds. The molecule has 3 rings (SSSR count). The standard InChI is InChI=1S/C15H15N3O5/c1-7-12(8(2)18-17-7)13(15(20)21)16-14(19)9-3-4-10-11(5-9)23-6-22-10/h3-5,13H,6H2,1-2H3,(H,16,19)(H,17,18)(H,20,21)/t13-/m1/s1. The number of aromatic nitrogens is 2. The van der Waals surface area contributed by atoms with Crippen molar-refractivity contribution in [2.24, 2.45) is 0 Å². The molecular formula is C15H15N3O5. The van der Waals surface area contributed by atoms with Crippen molar-refractivity contribution in [3.63, 3.8) is 0 Å². The minimum absolute atomic E-state index is 0.103. The Morgan fingerprint density at radius 1 is 1.30 bits per heavy atom. The number of fused-ring (bicyclic) bond motifs is 1. The first-order chi connectivity index (χ1) is 11.0. The van der Waals surface area contributed by atoms with Gasteiger partial charge in [0.25, 0.3) is 5.91 Å². The van der Waals surface area contributed by atoms with Crippen LogP contribution in [0.1, 0.15) is 33.4 Å². The Morgan fingerprint density at radius 2 is 2.04 bits per heavy atom. The molecule has 120 valence electrons. The molecule has 2 heterocycles. The lowest BCUT2D eigenvalue weighted by molar-refractivity contribution is -0.139. The Hall–Kier alpha value is -3.03. The number of H-pyrrole nitrogens is 1. The maximum absolute atomic E-state index is 12.4. The average Bonchev–Trinajstić information content (AvgIpc) is 3.11. The molecule has 8 heteroatoms. The maximum atomic E-state index is 12.4. The van der Waals surface area contributed by atoms with Crippen molar-refractivity contribution in [3.8, 4) is 11.5 Å². The topological polar surface area (TPSA) is 114 Å². The van der Waals surface area contributed by atoms with Gasteiger partial charge in [-0.05, 0) is 32.0 Å². The summed E-state index contributed by atoms with van der Waals surface area (Å²) in [5.41, 5.74) is 1.87. The fourth-order valence-corrected chi connectivity index (χ4v) is 2.49. The number of carbonyl (C=O) groups is 2. The maximum Gasteiger partial charge on any atom is 0.331 e. The van der Waals surface area contributed by atoms with Gasteiger partial charge in [-0.3, -0.25) is 9.89 Å². The van der Waals surface area contributed by atoms with E-state index in [0.29, 0.717) is 34.0 Å². The number of rotatable bonds is 4. The van der Waals surface area contributed by atoms with Gasteiger partial charge in [0.1, 0.15) is 0 Å². The van der Waals surface area contributed by atoms with E-state index < -0.39 is 17.9 Å². The summed E-state index contributed by atoms with van der Waals surface area (Å²) < 4.78 is 10.4. The molecule has 0 fully saturated rings. The third kappa shape index (κ3) is 2.70. The molecule has 0 saturated heterocycles. The van der Waals surface area contributed by atoms with Crippen molar-refractivity contribution in [2.45, 2.75) is 19.9 Å². The molecule has 0 unspecified atom stereocenters. The summed E-state index contributed by atoms with van der Waals surface area (Å²) in [6.07, 6.45) is 0. The number of nitrogens with one attached hydrogen (secondary N) is 2. The highest BCUT2D eigenvalue weighted by molar-refractivity contribution is 5.97. The summed E-state index contributed by atoms with van der Waals surface area (Å²) in [4.78, 5) is 23.9. The minimum Gasteiger partial charge on any atom is -0.479 e. The third-order valence-electron chi connectivity index (χ3n) is 3.63. The van der Waals surface area contributed by atoms with Crippen molar-refractivity contribution in [1.29, 1.82) is 0 Å². The van der Waals surface area contributed by atoms with Crippen LogP contribution >= 0.6 is 0 Å². The molecule has 1 aromatic carbocycles. The van der Waals surface area contributed by atoms with Crippen LogP contribution in [0, 0.1) is 13.8 Å². The predicted molar refractivity (Wildman–Crippen MR) is 78.5 cm³/mol. The van der Waals surface area contributed by atoms with Gasteiger partial charge in [0.15, 0.2) is 17.5 Å². The molecule has 1 aliphatic heterocycles. The first-order valence-corrected chi connectivity index (χ1v) is 6.92. The van der Waals surface area contributed by atoms with Crippen LogP contribution in [0.15, 0.2) is 18.2 Å². The zero-order chi connectivity index (χ0) is 16.6. The van der Waals surface area contributed by atoms with Crippen molar-refractivity contribution < 1.29 is 24.2 Å². The number of ether oxygens (including phenoxy) is 2. The lowest BCUT2D eigenvalue weighted by atomic mass is 10.0. The molecule has 0 bridgehead atoms. The molecule has 0 radical (unpaired) electrons. The number of carbonyl (C=O) groups excluding carboxylic acids is 1. The van der Waals surface area contributed by atoms with Gasteiger partial charge >= 0.3 is 5.97 Å². The first kappa shape index (κ1) is 14.9. The van der Waals surface area contributed by atoms with Gasteiger partial charge in [-0.2, -0.15) is 5.10 Å². The first-order valence-electron chi connectivity index (χ1n) is 6.92. The highest BCUT2D eigenvalue weighted by Gasteiger charge is 2.28. The highest BCUT2D eigenvalue weighted by Crippen LogP contribution is 2.32. The van der Waals surface area contributed by atoms with Gasteiger partial charge in [-0.15, -0.1) is 0 Å². The summed E-state index contributed by atoms with van der Waals surface area (Å²) in [6.45, 7) is 3.49. The van der Waals surface area contributed by atoms with Gasteiger partial charge in [0.05, 0.1) is 5.69 Å². The van der Waals surface area contributed by atoms with Crippen molar-refractivity contribution in [2.75, 3.05) is 6.79 Å². The van der Waals surface area contributed by atoms with Crippen molar-refractivity contribution in [3.05, 3.63) is 40.7 Å². The number of hydrogen-bond acceptors (Lipinski definition) is 5. The van der Waals surface area contributed by atoms with E-state index in [-0.39, 0.29) is 6.79 Å². The van der Waals surface area contributed by atoms with Crippen LogP contribution in [0.5, 0.6) is 11.5 Å². The number of aryl methyl sites for hydroxylation is 2. The number of aromatic amines is 1. The van der Waals surface area contributed by atoms with Crippen LogP contribution < -0.4 is 14.8 Å². The fraction of sp³-hybridized carbons (Fsp3) is 0.267. The molecular weight excluding hydrogens is 302 g/mol. The van der Waals surface area contributed by atoms with E-state index in [1.54, 1.807) is 26.0 Å². The number of carboxylic acids is 1. The largest absolute Gasteiger partial charge is 0.479 e. The van der Waals surface area contributed by atoms with Crippen LogP contribution in [0.25, 0.3) is 0 Å². The van der Waals surface area contributed by atoms with E-state index in [9.17, 15) is 14.7 Å². The van der Waals surface area contributed by atoms with Crippen molar-refractivity contribution in [1.82, 2.24) is 15.5 Å². The summed E-state index contributed by atoms with van der Waals surface area (Å²) in [5.74, 6) is -0.666. The summed E-state index contributed by atoms with van der Waals surface area (Å²) >= 11 is 0. The summed E-state index contributed by atoms with van der Waals surface area (Å²) in [6, 6.07) is 3.50. The van der Waals surface area contributed by atoms with Gasteiger partial charge in [-0.25, -0.2) is 4.79 Å². The van der Waals surface area contributed by atoms with Gasteiger partial charge in [0, 0.05) is 16.8 Å². The molecule has 8 nitrogen and oxygen atoms in total. The van der Waals surface area contributed by atoms with Gasteiger partial charge in [-0.1, -0.05) is 0 Å². The minimum atomic E-state index is -1.19. The lowest BCUT2D eigenvalue weighted by Crippen LogP contribution is -2.34. The fourth-order valence-electron chi connectivity index (χ4n) is 2.49. The van der Waals surface area contributed by atoms with Gasteiger partial charge < -0.3 is 19.9 Å². The highest BCUT2D eigenvalue weighted by atomic mass is 16.7. The Bertz CT molecular complexity index is 764. The molecule has 0 spiro atoms. The molecule has 2 aromatic rings. The predicted octanol–water partition coefficient (Wildman–Crippen LogP) is 1.31. The third-order valence-corrected chi connectivity index (χ3v) is 3.63. The van der Waals surface area contributed by atoms with E-state index >= 15 is 0 Å². The van der Waals surface area contributed by atoms with Crippen LogP contribution in [0.4, 0.5) is 0 Å². The zero-order valence-corrected chi connectivity index (χ0v) is 12.5. The Morgan fingerprint density at radius 3 is 2.70 bits per heavy atom. The number of aliphatic carboxylic acids is 1. The molecule has 1 aromatic heterocycles. The monoisotopic (exact) mass is 317 g/mol. The summed E-state index contributed by atoms with van der Waals surface area (Å²) in [7, 11) is 0. The number of benzene rings is 1. The van der Waals surface area contributed by atoms with E-state index in [0.717, 1.165) is 0 Å². The molecule has 3 N–H and O–H groups in total. The normalized spacial score (nSPS) is 13.7. The van der Waals surface area contributed by atoms with Crippen molar-refractivity contribution >= 4 is 11.9 Å². The summed E-state index contributed by atoms with van der Waals surface area (Å²) in [5, 5.41) is 18.6. The Balaban J connectivity index is 1.86. The van der Waals surface area contributed by atoms with Crippen LogP contribution in [0.3, 0.4) is 0 Å². The second kappa shape index (κ2) is 5.64. The average molecular weight is 317 g/mol. The number of carboxylic acid groups (broad SMARTS) is 1. The van der Waals surface area contributed by atoms with Crippen LogP contribution in [-0.2, 0) is 4.79 Å². The van der Waals surface area contributed by atoms with E-state index in [2.05, 4.69) is 15.5 Å².